The third-order valence-corrected chi connectivity index (χ3v) is 5.81. The topological polar surface area (TPSA) is 3.24 Å². The van der Waals surface area contributed by atoms with E-state index in [4.69, 9.17) is 0 Å². The number of nitrogens with zero attached hydrogens (tertiary/aromatic N) is 1. The van der Waals surface area contributed by atoms with Crippen LogP contribution in [0.25, 0.3) is 0 Å². The number of hydrogen-bond donors (Lipinski definition) is 0. The summed E-state index contributed by atoms with van der Waals surface area (Å²) < 4.78 is 83.3. The Hall–Kier alpha value is -1.67. The Morgan fingerprint density at radius 3 is 1.81 bits per heavy atom. The zero-order chi connectivity index (χ0) is 19.6. The van der Waals surface area contributed by atoms with E-state index in [1.165, 1.54) is 24.3 Å². The van der Waals surface area contributed by atoms with Crippen LogP contribution in [-0.2, 0) is 6.54 Å². The predicted octanol–water partition coefficient (Wildman–Crippen LogP) is 6.36. The minimum absolute atomic E-state index is 0.0798. The molecule has 1 aliphatic carbocycles. The van der Waals surface area contributed by atoms with Crippen molar-refractivity contribution >= 4 is 11.9 Å². The van der Waals surface area contributed by atoms with Crippen molar-refractivity contribution < 1.29 is 26.3 Å². The first-order valence-corrected chi connectivity index (χ1v) is 9.36. The highest BCUT2D eigenvalue weighted by Gasteiger charge is 2.30. The minimum atomic E-state index is -2.17. The molecule has 0 heterocycles. The van der Waals surface area contributed by atoms with E-state index in [0.29, 0.717) is 17.5 Å². The summed E-state index contributed by atoms with van der Waals surface area (Å²) in [5.41, 5.74) is 0.679. The summed E-state index contributed by atoms with van der Waals surface area (Å²) in [7, 11) is 0. The zero-order valence-corrected chi connectivity index (χ0v) is 15.1. The summed E-state index contributed by atoms with van der Waals surface area (Å²) in [6, 6.07) is 5.51. The highest BCUT2D eigenvalue weighted by molar-refractivity contribution is 7.97. The third-order valence-electron chi connectivity index (χ3n) is 4.61. The Balaban J connectivity index is 1.92. The van der Waals surface area contributed by atoms with Gasteiger partial charge in [0.2, 0.25) is 5.82 Å². The highest BCUT2D eigenvalue weighted by Crippen LogP contribution is 2.37. The van der Waals surface area contributed by atoms with Crippen molar-refractivity contribution in [2.45, 2.75) is 49.6 Å². The van der Waals surface area contributed by atoms with Crippen LogP contribution < -0.4 is 0 Å². The molecule has 3 rings (SSSR count). The smallest absolute Gasteiger partial charge is 0.200 e. The molecule has 0 radical (unpaired) electrons. The Morgan fingerprint density at radius 2 is 1.26 bits per heavy atom. The van der Waals surface area contributed by atoms with E-state index in [2.05, 4.69) is 0 Å². The summed E-state index contributed by atoms with van der Waals surface area (Å²) in [5, 5.41) is 0. The maximum atomic E-state index is 14.1. The second-order valence-corrected chi connectivity index (χ2v) is 7.54. The molecular weight excluding hydrogens is 388 g/mol. The molecule has 1 saturated carbocycles. The van der Waals surface area contributed by atoms with Gasteiger partial charge in [-0.2, -0.15) is 0 Å². The predicted molar refractivity (Wildman–Crippen MR) is 90.9 cm³/mol. The molecule has 1 aliphatic rings. The molecule has 0 atom stereocenters. The summed E-state index contributed by atoms with van der Waals surface area (Å²) >= 11 is 0.527. The lowest BCUT2D eigenvalue weighted by atomic mass is 9.95. The van der Waals surface area contributed by atoms with E-state index in [-0.39, 0.29) is 12.6 Å². The fourth-order valence-corrected chi connectivity index (χ4v) is 4.30. The van der Waals surface area contributed by atoms with Crippen LogP contribution in [0, 0.1) is 34.9 Å². The molecule has 0 aliphatic heterocycles. The molecule has 0 spiro atoms. The molecular formula is C19H17F6NS. The van der Waals surface area contributed by atoms with E-state index in [1.807, 2.05) is 0 Å². The lowest BCUT2D eigenvalue weighted by Crippen LogP contribution is -2.31. The Labute approximate surface area is 157 Å². The minimum Gasteiger partial charge on any atom is -0.239 e. The SMILES string of the molecule is Fc1ccc(CN(Sc2c(F)c(F)c(F)c(F)c2F)C2CCCCC2)cc1. The molecule has 27 heavy (non-hydrogen) atoms. The van der Waals surface area contributed by atoms with Gasteiger partial charge >= 0.3 is 0 Å². The monoisotopic (exact) mass is 405 g/mol. The van der Waals surface area contributed by atoms with Crippen LogP contribution in [0.4, 0.5) is 26.3 Å². The van der Waals surface area contributed by atoms with Gasteiger partial charge in [0.05, 0.1) is 0 Å². The molecule has 2 aromatic carbocycles. The molecule has 8 heteroatoms. The van der Waals surface area contributed by atoms with E-state index < -0.39 is 39.8 Å². The maximum absolute atomic E-state index is 14.1. The number of halogens is 6. The van der Waals surface area contributed by atoms with Gasteiger partial charge in [-0.15, -0.1) is 0 Å². The van der Waals surface area contributed by atoms with E-state index in [9.17, 15) is 26.3 Å². The molecule has 0 unspecified atom stereocenters. The molecule has 1 nitrogen and oxygen atoms in total. The van der Waals surface area contributed by atoms with Crippen LogP contribution in [0.2, 0.25) is 0 Å². The molecule has 1 fully saturated rings. The lowest BCUT2D eigenvalue weighted by Gasteiger charge is -2.33. The largest absolute Gasteiger partial charge is 0.239 e. The second-order valence-electron chi connectivity index (χ2n) is 6.48. The van der Waals surface area contributed by atoms with Crippen LogP contribution in [0.15, 0.2) is 29.2 Å². The molecule has 0 bridgehead atoms. The Kier molecular flexibility index (Phi) is 6.37. The average Bonchev–Trinajstić information content (AvgIpc) is 2.69. The molecule has 146 valence electrons. The van der Waals surface area contributed by atoms with Gasteiger partial charge in [-0.05, 0) is 42.5 Å². The summed E-state index contributed by atoms with van der Waals surface area (Å²) in [6.45, 7) is 0.190. The third kappa shape index (κ3) is 4.43. The van der Waals surface area contributed by atoms with Gasteiger partial charge in [0, 0.05) is 12.6 Å². The molecule has 0 N–H and O–H groups in total. The number of hydrogen-bond acceptors (Lipinski definition) is 2. The second kappa shape index (κ2) is 8.56. The Bertz CT molecular complexity index is 776. The van der Waals surface area contributed by atoms with Gasteiger partial charge in [-0.1, -0.05) is 31.4 Å². The molecule has 0 aromatic heterocycles. The van der Waals surface area contributed by atoms with Gasteiger partial charge < -0.3 is 0 Å². The molecule has 0 saturated heterocycles. The van der Waals surface area contributed by atoms with Crippen molar-refractivity contribution in [1.29, 1.82) is 0 Å². The Morgan fingerprint density at radius 1 is 0.741 bits per heavy atom. The van der Waals surface area contributed by atoms with Gasteiger partial charge in [-0.25, -0.2) is 30.6 Å². The standard InChI is InChI=1S/C19H17F6NS/c20-12-8-6-11(7-9-12)10-26(13-4-2-1-3-5-13)27-19-17(24)15(22)14(21)16(23)18(19)25/h6-9,13H,1-5,10H2. The van der Waals surface area contributed by atoms with Gasteiger partial charge in [0.15, 0.2) is 23.3 Å². The highest BCUT2D eigenvalue weighted by atomic mass is 32.2. The number of rotatable bonds is 5. The van der Waals surface area contributed by atoms with Crippen LogP contribution in [0.1, 0.15) is 37.7 Å². The first-order valence-electron chi connectivity index (χ1n) is 8.59. The maximum Gasteiger partial charge on any atom is 0.200 e. The van der Waals surface area contributed by atoms with Crippen LogP contribution in [-0.4, -0.2) is 10.3 Å². The molecule has 0 amide bonds. The van der Waals surface area contributed by atoms with E-state index >= 15 is 0 Å². The van der Waals surface area contributed by atoms with Crippen molar-refractivity contribution in [3.63, 3.8) is 0 Å². The van der Waals surface area contributed by atoms with Crippen molar-refractivity contribution in [2.24, 2.45) is 0 Å². The zero-order valence-electron chi connectivity index (χ0n) is 14.3. The van der Waals surface area contributed by atoms with Crippen molar-refractivity contribution in [3.05, 3.63) is 64.7 Å². The van der Waals surface area contributed by atoms with Crippen molar-refractivity contribution in [1.82, 2.24) is 4.31 Å². The number of benzene rings is 2. The van der Waals surface area contributed by atoms with Crippen LogP contribution >= 0.6 is 11.9 Å². The van der Waals surface area contributed by atoms with Gasteiger partial charge in [-0.3, -0.25) is 0 Å². The quantitative estimate of drug-likeness (QED) is 0.246. The fraction of sp³-hybridized carbons (Fsp3) is 0.368. The van der Waals surface area contributed by atoms with Crippen LogP contribution in [0.5, 0.6) is 0 Å². The lowest BCUT2D eigenvalue weighted by molar-refractivity contribution is 0.265. The summed E-state index contributed by atoms with van der Waals surface area (Å²) in [5.74, 6) is -10.2. The van der Waals surface area contributed by atoms with Gasteiger partial charge in [0.25, 0.3) is 0 Å². The average molecular weight is 405 g/mol. The van der Waals surface area contributed by atoms with Gasteiger partial charge in [0.1, 0.15) is 10.7 Å². The first kappa shape index (κ1) is 20.1. The summed E-state index contributed by atoms with van der Waals surface area (Å²) in [4.78, 5) is -0.918. The van der Waals surface area contributed by atoms with Crippen molar-refractivity contribution in [2.75, 3.05) is 0 Å². The van der Waals surface area contributed by atoms with E-state index in [1.54, 1.807) is 4.31 Å². The van der Waals surface area contributed by atoms with Crippen molar-refractivity contribution in [3.8, 4) is 0 Å². The van der Waals surface area contributed by atoms with Crippen LogP contribution in [0.3, 0.4) is 0 Å². The first-order chi connectivity index (χ1) is 12.9. The normalized spacial score (nSPS) is 15.5. The summed E-state index contributed by atoms with van der Waals surface area (Å²) in [6.07, 6.45) is 4.38. The van der Waals surface area contributed by atoms with E-state index in [0.717, 1.165) is 32.1 Å². The molecule has 2 aromatic rings. The fourth-order valence-electron chi connectivity index (χ4n) is 3.16.